The van der Waals surface area contributed by atoms with Crippen LogP contribution in [0.15, 0.2) is 48.5 Å². The Morgan fingerprint density at radius 3 is 2.67 bits per heavy atom. The summed E-state index contributed by atoms with van der Waals surface area (Å²) < 4.78 is 19.3. The maximum absolute atomic E-state index is 6.14. The summed E-state index contributed by atoms with van der Waals surface area (Å²) in [7, 11) is 3.73. The second-order valence-corrected chi connectivity index (χ2v) is 6.80. The Bertz CT molecular complexity index is 891. The van der Waals surface area contributed by atoms with Gasteiger partial charge in [-0.3, -0.25) is 4.90 Å². The third kappa shape index (κ3) is 4.07. The van der Waals surface area contributed by atoms with E-state index < -0.39 is 0 Å². The number of ether oxygens (including phenoxy) is 3. The van der Waals surface area contributed by atoms with Gasteiger partial charge in [0, 0.05) is 20.1 Å². The van der Waals surface area contributed by atoms with Crippen molar-refractivity contribution in [3.63, 3.8) is 0 Å². The molecule has 0 aliphatic carbocycles. The fraction of sp³-hybridized carbons (Fsp3) is 0.381. The number of methoxy groups -OCH3 is 1. The number of hydrogen-bond acceptors (Lipinski definition) is 5. The van der Waals surface area contributed by atoms with Crippen molar-refractivity contribution in [2.75, 3.05) is 33.4 Å². The molecule has 1 aliphatic heterocycles. The van der Waals surface area contributed by atoms with E-state index in [9.17, 15) is 0 Å². The van der Waals surface area contributed by atoms with E-state index in [-0.39, 0.29) is 6.10 Å². The van der Waals surface area contributed by atoms with Gasteiger partial charge in [-0.1, -0.05) is 12.1 Å². The van der Waals surface area contributed by atoms with E-state index >= 15 is 0 Å². The summed E-state index contributed by atoms with van der Waals surface area (Å²) in [4.78, 5) is 7.14. The highest BCUT2D eigenvalue weighted by Gasteiger charge is 2.22. The maximum Gasteiger partial charge on any atom is 0.135 e. The number of rotatable bonds is 5. The van der Waals surface area contributed by atoms with Crippen molar-refractivity contribution < 1.29 is 14.2 Å². The van der Waals surface area contributed by atoms with Crippen LogP contribution in [-0.4, -0.2) is 54.0 Å². The first kappa shape index (κ1) is 17.8. The van der Waals surface area contributed by atoms with Gasteiger partial charge in [0.25, 0.3) is 0 Å². The summed E-state index contributed by atoms with van der Waals surface area (Å²) in [6, 6.07) is 15.9. The summed E-state index contributed by atoms with van der Waals surface area (Å²) in [5, 5.41) is 0. The van der Waals surface area contributed by atoms with Gasteiger partial charge in [-0.2, -0.15) is 0 Å². The van der Waals surface area contributed by atoms with Crippen LogP contribution in [0.4, 0.5) is 0 Å². The quantitative estimate of drug-likeness (QED) is 0.694. The molecule has 1 fully saturated rings. The van der Waals surface area contributed by atoms with Crippen LogP contribution in [0.3, 0.4) is 0 Å². The molecule has 1 saturated heterocycles. The molecule has 0 bridgehead atoms. The molecular weight excluding hydrogens is 342 g/mol. The van der Waals surface area contributed by atoms with E-state index in [0.717, 1.165) is 48.0 Å². The topological polar surface area (TPSA) is 48.8 Å². The number of fused-ring (bicyclic) bond motifs is 1. The lowest BCUT2D eigenvalue weighted by Crippen LogP contribution is -2.36. The molecule has 142 valence electrons. The predicted molar refractivity (Wildman–Crippen MR) is 104 cm³/mol. The largest absolute Gasteiger partial charge is 0.497 e. The molecule has 0 spiro atoms. The molecule has 0 saturated carbocycles. The summed E-state index contributed by atoms with van der Waals surface area (Å²) in [6.45, 7) is 3.73. The number of nitrogens with zero attached hydrogens (tertiary/aromatic N) is 3. The predicted octanol–water partition coefficient (Wildman–Crippen LogP) is 2.86. The minimum absolute atomic E-state index is 0.0180. The van der Waals surface area contributed by atoms with Gasteiger partial charge in [0.1, 0.15) is 23.4 Å². The van der Waals surface area contributed by atoms with Crippen molar-refractivity contribution in [1.29, 1.82) is 0 Å². The minimum atomic E-state index is -0.0180. The average molecular weight is 367 g/mol. The molecule has 0 unspecified atom stereocenters. The van der Waals surface area contributed by atoms with E-state index in [1.807, 2.05) is 36.4 Å². The molecule has 2 aromatic carbocycles. The first-order valence-corrected chi connectivity index (χ1v) is 9.24. The SMILES string of the molecule is COc1ccc(O[C@H]2COCCN(Cc3nc4ccccc4n3C)C2)cc1. The molecule has 6 nitrogen and oxygen atoms in total. The van der Waals surface area contributed by atoms with Crippen molar-refractivity contribution >= 4 is 11.0 Å². The van der Waals surface area contributed by atoms with Crippen LogP contribution in [0.2, 0.25) is 0 Å². The third-order valence-electron chi connectivity index (χ3n) is 4.92. The number of imidazole rings is 1. The maximum atomic E-state index is 6.14. The molecule has 4 rings (SSSR count). The summed E-state index contributed by atoms with van der Waals surface area (Å²) in [6.07, 6.45) is -0.0180. The van der Waals surface area contributed by atoms with Crippen molar-refractivity contribution in [2.45, 2.75) is 12.6 Å². The summed E-state index contributed by atoms with van der Waals surface area (Å²) in [5.41, 5.74) is 2.19. The first-order valence-electron chi connectivity index (χ1n) is 9.24. The molecular formula is C21H25N3O3. The van der Waals surface area contributed by atoms with Crippen LogP contribution in [0, 0.1) is 0 Å². The number of aromatic nitrogens is 2. The lowest BCUT2D eigenvalue weighted by molar-refractivity contribution is 0.0709. The fourth-order valence-electron chi connectivity index (χ4n) is 3.44. The van der Waals surface area contributed by atoms with Crippen LogP contribution >= 0.6 is 0 Å². The normalized spacial score (nSPS) is 18.4. The van der Waals surface area contributed by atoms with Gasteiger partial charge in [-0.25, -0.2) is 4.98 Å². The second kappa shape index (κ2) is 7.98. The van der Waals surface area contributed by atoms with Gasteiger partial charge < -0.3 is 18.8 Å². The Labute approximate surface area is 159 Å². The minimum Gasteiger partial charge on any atom is -0.497 e. The molecule has 0 radical (unpaired) electrons. The fourth-order valence-corrected chi connectivity index (χ4v) is 3.44. The number of aryl methyl sites for hydroxylation is 1. The number of benzene rings is 2. The molecule has 0 amide bonds. The average Bonchev–Trinajstić information content (AvgIpc) is 2.86. The summed E-state index contributed by atoms with van der Waals surface area (Å²) >= 11 is 0. The Kier molecular flexibility index (Phi) is 5.27. The Morgan fingerprint density at radius 2 is 1.89 bits per heavy atom. The van der Waals surface area contributed by atoms with Crippen LogP contribution in [-0.2, 0) is 18.3 Å². The number of para-hydroxylation sites is 2. The van der Waals surface area contributed by atoms with Crippen molar-refractivity contribution in [1.82, 2.24) is 14.5 Å². The van der Waals surface area contributed by atoms with E-state index in [4.69, 9.17) is 19.2 Å². The van der Waals surface area contributed by atoms with Gasteiger partial charge in [-0.15, -0.1) is 0 Å². The monoisotopic (exact) mass is 367 g/mol. The van der Waals surface area contributed by atoms with Gasteiger partial charge in [0.15, 0.2) is 0 Å². The van der Waals surface area contributed by atoms with Gasteiger partial charge in [0.05, 0.1) is 37.9 Å². The Morgan fingerprint density at radius 1 is 1.11 bits per heavy atom. The molecule has 1 aliphatic rings. The van der Waals surface area contributed by atoms with Gasteiger partial charge in [-0.05, 0) is 36.4 Å². The zero-order valence-corrected chi connectivity index (χ0v) is 15.8. The van der Waals surface area contributed by atoms with Crippen LogP contribution in [0.25, 0.3) is 11.0 Å². The van der Waals surface area contributed by atoms with Crippen molar-refractivity contribution in [3.05, 3.63) is 54.4 Å². The third-order valence-corrected chi connectivity index (χ3v) is 4.92. The first-order chi connectivity index (χ1) is 13.2. The number of hydrogen-bond donors (Lipinski definition) is 0. The molecule has 0 N–H and O–H groups in total. The van der Waals surface area contributed by atoms with E-state index in [0.29, 0.717) is 13.2 Å². The van der Waals surface area contributed by atoms with Crippen LogP contribution in [0.1, 0.15) is 5.82 Å². The zero-order valence-electron chi connectivity index (χ0n) is 15.8. The highest BCUT2D eigenvalue weighted by Crippen LogP contribution is 2.20. The van der Waals surface area contributed by atoms with Crippen LogP contribution in [0.5, 0.6) is 11.5 Å². The molecule has 3 aromatic rings. The van der Waals surface area contributed by atoms with Crippen molar-refractivity contribution in [2.24, 2.45) is 7.05 Å². The van der Waals surface area contributed by atoms with E-state index in [1.165, 1.54) is 0 Å². The van der Waals surface area contributed by atoms with Gasteiger partial charge >= 0.3 is 0 Å². The Balaban J connectivity index is 1.45. The molecule has 1 aromatic heterocycles. The molecule has 6 heteroatoms. The standard InChI is InChI=1S/C21H25N3O3/c1-23-20-6-4-3-5-19(20)22-21(23)14-24-11-12-26-15-18(13-24)27-17-9-7-16(25-2)8-10-17/h3-10,18H,11-15H2,1-2H3/t18-/m1/s1. The lowest BCUT2D eigenvalue weighted by atomic mass is 10.3. The smallest absolute Gasteiger partial charge is 0.135 e. The van der Waals surface area contributed by atoms with Crippen LogP contribution < -0.4 is 9.47 Å². The van der Waals surface area contributed by atoms with Crippen molar-refractivity contribution in [3.8, 4) is 11.5 Å². The van der Waals surface area contributed by atoms with Gasteiger partial charge in [0.2, 0.25) is 0 Å². The molecule has 27 heavy (non-hydrogen) atoms. The Hall–Kier alpha value is -2.57. The summed E-state index contributed by atoms with van der Waals surface area (Å²) in [5.74, 6) is 2.71. The highest BCUT2D eigenvalue weighted by atomic mass is 16.5. The van der Waals surface area contributed by atoms with E-state index in [1.54, 1.807) is 7.11 Å². The molecule has 2 heterocycles. The zero-order chi connectivity index (χ0) is 18.6. The van der Waals surface area contributed by atoms with E-state index in [2.05, 4.69) is 28.6 Å². The lowest BCUT2D eigenvalue weighted by Gasteiger charge is -2.23. The molecule has 1 atom stereocenters. The highest BCUT2D eigenvalue weighted by molar-refractivity contribution is 5.75. The second-order valence-electron chi connectivity index (χ2n) is 6.80.